The van der Waals surface area contributed by atoms with Gasteiger partial charge in [0.05, 0.1) is 0 Å². The van der Waals surface area contributed by atoms with Crippen LogP contribution in [0.3, 0.4) is 0 Å². The van der Waals surface area contributed by atoms with E-state index in [1.165, 1.54) is 205 Å². The lowest BCUT2D eigenvalue weighted by molar-refractivity contribution is -0.167. The van der Waals surface area contributed by atoms with Gasteiger partial charge in [0.1, 0.15) is 13.2 Å². The predicted molar refractivity (Wildman–Crippen MR) is 279 cm³/mol. The molecule has 3 atom stereocenters. The Morgan fingerprint density at radius 1 is 0.308 bits per heavy atom. The highest BCUT2D eigenvalue weighted by atomic mass is 16.6. The van der Waals surface area contributed by atoms with Crippen LogP contribution >= 0.6 is 0 Å². The van der Waals surface area contributed by atoms with E-state index in [1.54, 1.807) is 0 Å². The van der Waals surface area contributed by atoms with Crippen molar-refractivity contribution in [3.63, 3.8) is 0 Å². The third-order valence-electron chi connectivity index (χ3n) is 14.1. The van der Waals surface area contributed by atoms with Crippen molar-refractivity contribution in [2.75, 3.05) is 13.2 Å². The van der Waals surface area contributed by atoms with Gasteiger partial charge in [0.15, 0.2) is 6.10 Å². The quantitative estimate of drug-likeness (QED) is 0.0344. The Bertz CT molecular complexity index is 1010. The van der Waals surface area contributed by atoms with E-state index >= 15 is 0 Å². The minimum absolute atomic E-state index is 0.0637. The first-order chi connectivity index (χ1) is 31.7. The molecule has 6 heteroatoms. The van der Waals surface area contributed by atoms with Crippen molar-refractivity contribution in [3.8, 4) is 0 Å². The van der Waals surface area contributed by atoms with Crippen molar-refractivity contribution >= 4 is 17.9 Å². The number of esters is 3. The average Bonchev–Trinajstić information content (AvgIpc) is 3.29. The maximum absolute atomic E-state index is 12.8. The molecule has 0 radical (unpaired) electrons. The zero-order valence-corrected chi connectivity index (χ0v) is 44.8. The van der Waals surface area contributed by atoms with Gasteiger partial charge in [-0.05, 0) is 37.0 Å². The van der Waals surface area contributed by atoms with Crippen molar-refractivity contribution in [1.82, 2.24) is 0 Å². The molecule has 2 unspecified atom stereocenters. The summed E-state index contributed by atoms with van der Waals surface area (Å²) in [5.41, 5.74) is 0. The highest BCUT2D eigenvalue weighted by molar-refractivity contribution is 5.71. The van der Waals surface area contributed by atoms with E-state index in [2.05, 4.69) is 41.5 Å². The van der Waals surface area contributed by atoms with Crippen LogP contribution in [-0.4, -0.2) is 37.2 Å². The van der Waals surface area contributed by atoms with Gasteiger partial charge in [-0.25, -0.2) is 0 Å². The summed E-state index contributed by atoms with van der Waals surface area (Å²) in [6.07, 6.45) is 52.2. The number of carbonyl (C=O) groups excluding carboxylic acids is 3. The van der Waals surface area contributed by atoms with E-state index in [0.29, 0.717) is 19.3 Å². The van der Waals surface area contributed by atoms with Crippen LogP contribution in [0.2, 0.25) is 0 Å². The average molecular weight is 920 g/mol. The molecule has 0 bridgehead atoms. The number of carbonyl (C=O) groups is 3. The molecule has 65 heavy (non-hydrogen) atoms. The Kier molecular flexibility index (Phi) is 49.1. The van der Waals surface area contributed by atoms with E-state index in [1.807, 2.05) is 0 Å². The fourth-order valence-electron chi connectivity index (χ4n) is 8.93. The van der Waals surface area contributed by atoms with Crippen LogP contribution in [0.15, 0.2) is 0 Å². The predicted octanol–water partition coefficient (Wildman–Crippen LogP) is 19.1. The topological polar surface area (TPSA) is 78.9 Å². The Hall–Kier alpha value is -1.59. The molecular weight excluding hydrogens is 805 g/mol. The molecule has 6 nitrogen and oxygen atoms in total. The molecule has 0 amide bonds. The van der Waals surface area contributed by atoms with Gasteiger partial charge in [-0.2, -0.15) is 0 Å². The second-order valence-corrected chi connectivity index (χ2v) is 21.2. The van der Waals surface area contributed by atoms with Crippen LogP contribution < -0.4 is 0 Å². The lowest BCUT2D eigenvalue weighted by Gasteiger charge is -2.18. The van der Waals surface area contributed by atoms with Crippen molar-refractivity contribution < 1.29 is 28.6 Å². The number of ether oxygens (including phenoxy) is 3. The van der Waals surface area contributed by atoms with E-state index in [0.717, 1.165) is 75.5 Å². The zero-order chi connectivity index (χ0) is 47.7. The normalized spacial score (nSPS) is 13.0. The first kappa shape index (κ1) is 63.4. The SMILES string of the molecule is CCC(C)CCCCCCCCCCCCC(=O)OC[C@H](COC(=O)CCCCCCCCCCCCCCCCCCC(C)C)OC(=O)CCCCCCCCCCCCC(C)CC. The third kappa shape index (κ3) is 50.1. The lowest BCUT2D eigenvalue weighted by atomic mass is 9.99. The Morgan fingerprint density at radius 2 is 0.538 bits per heavy atom. The molecule has 0 aromatic rings. The molecule has 0 spiro atoms. The Labute approximate surface area is 406 Å². The van der Waals surface area contributed by atoms with Crippen molar-refractivity contribution in [1.29, 1.82) is 0 Å². The molecule has 0 N–H and O–H groups in total. The summed E-state index contributed by atoms with van der Waals surface area (Å²) in [5.74, 6) is 1.75. The summed E-state index contributed by atoms with van der Waals surface area (Å²) in [7, 11) is 0. The second-order valence-electron chi connectivity index (χ2n) is 21.2. The molecular formula is C59H114O6. The molecule has 0 aliphatic carbocycles. The maximum Gasteiger partial charge on any atom is 0.306 e. The number of unbranched alkanes of at least 4 members (excludes halogenated alkanes) is 33. The number of hydrogen-bond donors (Lipinski definition) is 0. The van der Waals surface area contributed by atoms with Crippen LogP contribution in [0.5, 0.6) is 0 Å². The van der Waals surface area contributed by atoms with Gasteiger partial charge < -0.3 is 14.2 Å². The fourth-order valence-corrected chi connectivity index (χ4v) is 8.93. The second kappa shape index (κ2) is 50.3. The summed E-state index contributed by atoms with van der Waals surface area (Å²) in [6.45, 7) is 13.8. The van der Waals surface area contributed by atoms with Gasteiger partial charge in [0, 0.05) is 19.3 Å². The van der Waals surface area contributed by atoms with Crippen molar-refractivity contribution in [3.05, 3.63) is 0 Å². The number of hydrogen-bond acceptors (Lipinski definition) is 6. The Morgan fingerprint density at radius 3 is 0.800 bits per heavy atom. The molecule has 0 aliphatic rings. The van der Waals surface area contributed by atoms with Gasteiger partial charge in [0.2, 0.25) is 0 Å². The molecule has 386 valence electrons. The minimum Gasteiger partial charge on any atom is -0.462 e. The Balaban J connectivity index is 4.29. The van der Waals surface area contributed by atoms with Crippen LogP contribution in [0.1, 0.15) is 324 Å². The van der Waals surface area contributed by atoms with Crippen molar-refractivity contribution in [2.24, 2.45) is 17.8 Å². The van der Waals surface area contributed by atoms with Crippen molar-refractivity contribution in [2.45, 2.75) is 330 Å². The molecule has 0 rings (SSSR count). The van der Waals surface area contributed by atoms with Crippen LogP contribution in [0, 0.1) is 17.8 Å². The van der Waals surface area contributed by atoms with Crippen LogP contribution in [0.25, 0.3) is 0 Å². The van der Waals surface area contributed by atoms with Gasteiger partial charge in [0.25, 0.3) is 0 Å². The molecule has 0 saturated heterocycles. The molecule has 0 fully saturated rings. The highest BCUT2D eigenvalue weighted by Crippen LogP contribution is 2.19. The standard InChI is InChI=1S/C59H114O6/c1-7-54(5)46-40-34-28-22-17-19-25-31-37-43-49-58(61)64-52-56(65-59(62)50-44-38-32-26-20-18-23-29-35-41-47-55(6)8-2)51-63-57(60)48-42-36-30-24-16-14-12-10-9-11-13-15-21-27-33-39-45-53(3)4/h53-56H,7-52H2,1-6H3/t54?,55?,56-/m0/s1. The monoisotopic (exact) mass is 919 g/mol. The van der Waals surface area contributed by atoms with Crippen LogP contribution in [0.4, 0.5) is 0 Å². The zero-order valence-electron chi connectivity index (χ0n) is 44.8. The molecule has 0 aromatic heterocycles. The molecule has 0 aliphatic heterocycles. The highest BCUT2D eigenvalue weighted by Gasteiger charge is 2.19. The van der Waals surface area contributed by atoms with E-state index in [-0.39, 0.29) is 31.1 Å². The lowest BCUT2D eigenvalue weighted by Crippen LogP contribution is -2.30. The summed E-state index contributed by atoms with van der Waals surface area (Å²) < 4.78 is 16.9. The van der Waals surface area contributed by atoms with Crippen LogP contribution in [-0.2, 0) is 28.6 Å². The first-order valence-corrected chi connectivity index (χ1v) is 29.2. The molecule has 0 aromatic carbocycles. The largest absolute Gasteiger partial charge is 0.462 e. The maximum atomic E-state index is 12.8. The minimum atomic E-state index is -0.764. The van der Waals surface area contributed by atoms with Gasteiger partial charge in [-0.1, -0.05) is 286 Å². The van der Waals surface area contributed by atoms with Gasteiger partial charge >= 0.3 is 17.9 Å². The summed E-state index contributed by atoms with van der Waals surface area (Å²) in [5, 5.41) is 0. The molecule has 0 heterocycles. The molecule has 0 saturated carbocycles. The first-order valence-electron chi connectivity index (χ1n) is 29.2. The summed E-state index contributed by atoms with van der Waals surface area (Å²) in [6, 6.07) is 0. The van der Waals surface area contributed by atoms with Gasteiger partial charge in [-0.3, -0.25) is 14.4 Å². The summed E-state index contributed by atoms with van der Waals surface area (Å²) >= 11 is 0. The third-order valence-corrected chi connectivity index (χ3v) is 14.1. The van der Waals surface area contributed by atoms with E-state index in [4.69, 9.17) is 14.2 Å². The van der Waals surface area contributed by atoms with E-state index < -0.39 is 6.10 Å². The number of rotatable bonds is 52. The van der Waals surface area contributed by atoms with Gasteiger partial charge in [-0.15, -0.1) is 0 Å². The summed E-state index contributed by atoms with van der Waals surface area (Å²) in [4.78, 5) is 38.1. The van der Waals surface area contributed by atoms with E-state index in [9.17, 15) is 14.4 Å². The fraction of sp³-hybridized carbons (Fsp3) is 0.949. The smallest absolute Gasteiger partial charge is 0.306 e.